The SMILES string of the molecule is CCOC1CC(Nc2ccc(N)c(N)c2)C1. The van der Waals surface area contributed by atoms with Gasteiger partial charge in [-0.2, -0.15) is 0 Å². The quantitative estimate of drug-likeness (QED) is 0.678. The minimum absolute atomic E-state index is 0.425. The van der Waals surface area contributed by atoms with E-state index in [0.717, 1.165) is 25.1 Å². The number of nitrogens with one attached hydrogen (secondary N) is 1. The maximum atomic E-state index is 5.74. The van der Waals surface area contributed by atoms with Gasteiger partial charge in [0.15, 0.2) is 0 Å². The van der Waals surface area contributed by atoms with Gasteiger partial charge in [0, 0.05) is 18.3 Å². The summed E-state index contributed by atoms with van der Waals surface area (Å²) >= 11 is 0. The van der Waals surface area contributed by atoms with Crippen LogP contribution in [-0.4, -0.2) is 18.8 Å². The molecule has 4 nitrogen and oxygen atoms in total. The third-order valence-electron chi connectivity index (χ3n) is 2.95. The largest absolute Gasteiger partial charge is 0.397 e. The highest BCUT2D eigenvalue weighted by molar-refractivity contribution is 5.69. The monoisotopic (exact) mass is 221 g/mol. The molecular formula is C12H19N3O. The Morgan fingerprint density at radius 1 is 1.31 bits per heavy atom. The van der Waals surface area contributed by atoms with Crippen LogP contribution in [0.4, 0.5) is 17.1 Å². The van der Waals surface area contributed by atoms with E-state index in [1.54, 1.807) is 0 Å². The first-order valence-electron chi connectivity index (χ1n) is 5.72. The fraction of sp³-hybridized carbons (Fsp3) is 0.500. The second-order valence-corrected chi connectivity index (χ2v) is 4.23. The minimum Gasteiger partial charge on any atom is -0.397 e. The first-order valence-corrected chi connectivity index (χ1v) is 5.72. The zero-order valence-electron chi connectivity index (χ0n) is 9.57. The summed E-state index contributed by atoms with van der Waals surface area (Å²) in [6, 6.07) is 6.17. The van der Waals surface area contributed by atoms with Crippen LogP contribution in [0.1, 0.15) is 19.8 Å². The van der Waals surface area contributed by atoms with Crippen LogP contribution in [0.25, 0.3) is 0 Å². The molecule has 2 rings (SSSR count). The Hall–Kier alpha value is -1.42. The molecule has 0 heterocycles. The van der Waals surface area contributed by atoms with E-state index < -0.39 is 0 Å². The molecule has 88 valence electrons. The predicted octanol–water partition coefficient (Wildman–Crippen LogP) is 1.83. The van der Waals surface area contributed by atoms with E-state index in [0.29, 0.717) is 23.5 Å². The summed E-state index contributed by atoms with van der Waals surface area (Å²) in [5, 5.41) is 3.42. The molecule has 0 amide bonds. The van der Waals surface area contributed by atoms with E-state index in [-0.39, 0.29) is 0 Å². The van der Waals surface area contributed by atoms with Crippen molar-refractivity contribution in [1.82, 2.24) is 0 Å². The molecule has 1 saturated carbocycles. The fourth-order valence-electron chi connectivity index (χ4n) is 1.96. The fourth-order valence-corrected chi connectivity index (χ4v) is 1.96. The summed E-state index contributed by atoms with van der Waals surface area (Å²) in [5.41, 5.74) is 13.7. The molecule has 1 aromatic carbocycles. The Labute approximate surface area is 96.0 Å². The van der Waals surface area contributed by atoms with E-state index >= 15 is 0 Å². The molecule has 1 aliphatic carbocycles. The number of benzene rings is 1. The molecule has 1 fully saturated rings. The van der Waals surface area contributed by atoms with Crippen LogP contribution >= 0.6 is 0 Å². The lowest BCUT2D eigenvalue weighted by atomic mass is 9.89. The summed E-state index contributed by atoms with van der Waals surface area (Å²) in [5.74, 6) is 0. The van der Waals surface area contributed by atoms with Gasteiger partial charge < -0.3 is 21.5 Å². The third-order valence-corrected chi connectivity index (χ3v) is 2.95. The molecule has 1 aromatic rings. The molecule has 4 heteroatoms. The minimum atomic E-state index is 0.425. The number of nitrogens with two attached hydrogens (primary N) is 2. The van der Waals surface area contributed by atoms with Crippen molar-refractivity contribution in [2.45, 2.75) is 31.9 Å². The van der Waals surface area contributed by atoms with Crippen molar-refractivity contribution in [2.24, 2.45) is 0 Å². The molecule has 0 atom stereocenters. The van der Waals surface area contributed by atoms with Gasteiger partial charge in [-0.3, -0.25) is 0 Å². The molecular weight excluding hydrogens is 202 g/mol. The highest BCUT2D eigenvalue weighted by Crippen LogP contribution is 2.28. The van der Waals surface area contributed by atoms with E-state index in [4.69, 9.17) is 16.2 Å². The van der Waals surface area contributed by atoms with Crippen molar-refractivity contribution in [2.75, 3.05) is 23.4 Å². The Kier molecular flexibility index (Phi) is 3.19. The van der Waals surface area contributed by atoms with Gasteiger partial charge in [0.2, 0.25) is 0 Å². The average Bonchev–Trinajstić information content (AvgIpc) is 2.20. The normalized spacial score (nSPS) is 23.8. The molecule has 1 aliphatic rings. The Bertz CT molecular complexity index is 361. The topological polar surface area (TPSA) is 73.3 Å². The highest BCUT2D eigenvalue weighted by Gasteiger charge is 2.29. The van der Waals surface area contributed by atoms with Crippen molar-refractivity contribution >= 4 is 17.1 Å². The van der Waals surface area contributed by atoms with Crippen LogP contribution in [0.3, 0.4) is 0 Å². The van der Waals surface area contributed by atoms with E-state index in [2.05, 4.69) is 5.32 Å². The molecule has 0 aromatic heterocycles. The average molecular weight is 221 g/mol. The zero-order chi connectivity index (χ0) is 11.5. The molecule has 0 spiro atoms. The van der Waals surface area contributed by atoms with Crippen molar-refractivity contribution in [3.05, 3.63) is 18.2 Å². The maximum absolute atomic E-state index is 5.74. The Morgan fingerprint density at radius 3 is 2.69 bits per heavy atom. The van der Waals surface area contributed by atoms with Gasteiger partial charge in [0.25, 0.3) is 0 Å². The van der Waals surface area contributed by atoms with Gasteiger partial charge in [-0.05, 0) is 38.0 Å². The van der Waals surface area contributed by atoms with Gasteiger partial charge in [-0.1, -0.05) is 0 Å². The maximum Gasteiger partial charge on any atom is 0.0614 e. The molecule has 5 N–H and O–H groups in total. The van der Waals surface area contributed by atoms with Gasteiger partial charge in [0.1, 0.15) is 0 Å². The zero-order valence-corrected chi connectivity index (χ0v) is 9.57. The number of nitrogen functional groups attached to an aromatic ring is 2. The van der Waals surface area contributed by atoms with Gasteiger partial charge in [-0.15, -0.1) is 0 Å². The smallest absolute Gasteiger partial charge is 0.0614 e. The lowest BCUT2D eigenvalue weighted by molar-refractivity contribution is 0.00299. The Balaban J connectivity index is 1.84. The van der Waals surface area contributed by atoms with Crippen molar-refractivity contribution in [3.63, 3.8) is 0 Å². The molecule has 0 aliphatic heterocycles. The van der Waals surface area contributed by atoms with Crippen LogP contribution in [0.15, 0.2) is 18.2 Å². The van der Waals surface area contributed by atoms with Crippen LogP contribution in [0, 0.1) is 0 Å². The second kappa shape index (κ2) is 4.61. The highest BCUT2D eigenvalue weighted by atomic mass is 16.5. The number of hydrogen-bond donors (Lipinski definition) is 3. The molecule has 16 heavy (non-hydrogen) atoms. The van der Waals surface area contributed by atoms with E-state index in [9.17, 15) is 0 Å². The van der Waals surface area contributed by atoms with Crippen molar-refractivity contribution in [1.29, 1.82) is 0 Å². The van der Waals surface area contributed by atoms with Crippen molar-refractivity contribution in [3.8, 4) is 0 Å². The van der Waals surface area contributed by atoms with E-state index in [1.807, 2.05) is 25.1 Å². The molecule has 0 unspecified atom stereocenters. The van der Waals surface area contributed by atoms with Gasteiger partial charge in [-0.25, -0.2) is 0 Å². The molecule has 0 radical (unpaired) electrons. The summed E-state index contributed by atoms with van der Waals surface area (Å²) in [7, 11) is 0. The lowest BCUT2D eigenvalue weighted by Gasteiger charge is -2.36. The summed E-state index contributed by atoms with van der Waals surface area (Å²) in [6.45, 7) is 2.83. The van der Waals surface area contributed by atoms with Crippen LogP contribution < -0.4 is 16.8 Å². The number of hydrogen-bond acceptors (Lipinski definition) is 4. The standard InChI is InChI=1S/C12H19N3O/c1-2-16-10-5-9(6-10)15-8-3-4-11(13)12(14)7-8/h3-4,7,9-10,15H,2,5-6,13-14H2,1H3. The van der Waals surface area contributed by atoms with Gasteiger partial charge in [0.05, 0.1) is 17.5 Å². The summed E-state index contributed by atoms with van der Waals surface area (Å²) < 4.78 is 5.50. The van der Waals surface area contributed by atoms with Crippen molar-refractivity contribution < 1.29 is 4.74 Å². The third kappa shape index (κ3) is 2.39. The first kappa shape index (κ1) is 11.1. The second-order valence-electron chi connectivity index (χ2n) is 4.23. The number of ether oxygens (including phenoxy) is 1. The van der Waals surface area contributed by atoms with E-state index in [1.165, 1.54) is 0 Å². The van der Waals surface area contributed by atoms with Gasteiger partial charge >= 0.3 is 0 Å². The molecule has 0 bridgehead atoms. The first-order chi connectivity index (χ1) is 7.69. The predicted molar refractivity (Wildman–Crippen MR) is 67.3 cm³/mol. The number of anilines is 3. The summed E-state index contributed by atoms with van der Waals surface area (Å²) in [6.07, 6.45) is 2.56. The Morgan fingerprint density at radius 2 is 2.06 bits per heavy atom. The van der Waals surface area contributed by atoms with Crippen LogP contribution in [-0.2, 0) is 4.74 Å². The lowest BCUT2D eigenvalue weighted by Crippen LogP contribution is -2.40. The van der Waals surface area contributed by atoms with Crippen LogP contribution in [0.2, 0.25) is 0 Å². The summed E-state index contributed by atoms with van der Waals surface area (Å²) in [4.78, 5) is 0. The number of rotatable bonds is 4. The van der Waals surface area contributed by atoms with Crippen LogP contribution in [0.5, 0.6) is 0 Å². The molecule has 0 saturated heterocycles.